The van der Waals surface area contributed by atoms with Gasteiger partial charge in [-0.05, 0) is 18.1 Å². The molecule has 9 heteroatoms. The first-order valence-corrected chi connectivity index (χ1v) is 10.7. The molecular formula is C22H25N5O3S. The molecule has 3 amide bonds. The second-order valence-corrected chi connectivity index (χ2v) is 7.94. The van der Waals surface area contributed by atoms with Gasteiger partial charge in [0.1, 0.15) is 16.8 Å². The number of urea groups is 1. The average molecular weight is 440 g/mol. The maximum Gasteiger partial charge on any atom is 0.319 e. The quantitative estimate of drug-likeness (QED) is 0.483. The minimum atomic E-state index is -0.736. The molecular weight excluding hydrogens is 414 g/mol. The molecule has 2 aromatic carbocycles. The molecule has 1 aromatic heterocycles. The summed E-state index contributed by atoms with van der Waals surface area (Å²) >= 11 is 1.28. The van der Waals surface area contributed by atoms with Crippen LogP contribution in [0.2, 0.25) is 0 Å². The number of aromatic nitrogens is 2. The summed E-state index contributed by atoms with van der Waals surface area (Å²) in [5.41, 5.74) is 1.49. The molecule has 0 fully saturated rings. The van der Waals surface area contributed by atoms with Gasteiger partial charge in [-0.2, -0.15) is 0 Å². The topological polar surface area (TPSA) is 105 Å². The Kier molecular flexibility index (Phi) is 7.55. The fourth-order valence-electron chi connectivity index (χ4n) is 2.87. The molecule has 0 radical (unpaired) electrons. The van der Waals surface area contributed by atoms with Gasteiger partial charge < -0.3 is 15.4 Å². The van der Waals surface area contributed by atoms with Crippen LogP contribution < -0.4 is 20.7 Å². The standard InChI is InChI=1S/C22H25N5O3S/c1-4-14(2)18(24-21(29)23-16-11-8-12-17(13-16)30-3)19(28)25-22-27-26-20(31-22)15-9-6-5-7-10-15/h5-14,18H,4H2,1-3H3,(H2,23,24,29)(H,25,27,28)/t14-,18-/m0/s1. The van der Waals surface area contributed by atoms with Crippen LogP contribution in [0, 0.1) is 5.92 Å². The van der Waals surface area contributed by atoms with Crippen LogP contribution in [-0.4, -0.2) is 35.3 Å². The molecule has 0 spiro atoms. The lowest BCUT2D eigenvalue weighted by molar-refractivity contribution is -0.119. The van der Waals surface area contributed by atoms with E-state index in [1.807, 2.05) is 44.2 Å². The zero-order valence-electron chi connectivity index (χ0n) is 17.6. The highest BCUT2D eigenvalue weighted by atomic mass is 32.1. The van der Waals surface area contributed by atoms with E-state index in [0.29, 0.717) is 28.0 Å². The summed E-state index contributed by atoms with van der Waals surface area (Å²) in [5, 5.41) is 17.6. The van der Waals surface area contributed by atoms with E-state index < -0.39 is 12.1 Å². The van der Waals surface area contributed by atoms with E-state index in [9.17, 15) is 9.59 Å². The second-order valence-electron chi connectivity index (χ2n) is 6.96. The third-order valence-corrected chi connectivity index (χ3v) is 5.67. The molecule has 0 saturated carbocycles. The molecule has 3 aromatic rings. The van der Waals surface area contributed by atoms with Crippen LogP contribution in [0.25, 0.3) is 10.6 Å². The number of methoxy groups -OCH3 is 1. The van der Waals surface area contributed by atoms with E-state index in [-0.39, 0.29) is 11.8 Å². The van der Waals surface area contributed by atoms with Gasteiger partial charge in [0.2, 0.25) is 11.0 Å². The first-order chi connectivity index (χ1) is 15.0. The highest BCUT2D eigenvalue weighted by Crippen LogP contribution is 2.26. The van der Waals surface area contributed by atoms with Crippen LogP contribution in [0.1, 0.15) is 20.3 Å². The Hall–Kier alpha value is -3.46. The molecule has 0 aliphatic carbocycles. The molecule has 1 heterocycles. The molecule has 162 valence electrons. The van der Waals surface area contributed by atoms with Gasteiger partial charge in [0.25, 0.3) is 0 Å². The van der Waals surface area contributed by atoms with Crippen molar-refractivity contribution in [1.29, 1.82) is 0 Å². The first-order valence-electron chi connectivity index (χ1n) is 9.91. The van der Waals surface area contributed by atoms with Gasteiger partial charge in [0, 0.05) is 17.3 Å². The number of ether oxygens (including phenoxy) is 1. The zero-order chi connectivity index (χ0) is 22.2. The van der Waals surface area contributed by atoms with Crippen molar-refractivity contribution in [1.82, 2.24) is 15.5 Å². The van der Waals surface area contributed by atoms with E-state index in [2.05, 4.69) is 26.1 Å². The number of hydrogen-bond acceptors (Lipinski definition) is 6. The number of anilines is 2. The summed E-state index contributed by atoms with van der Waals surface area (Å²) in [6.45, 7) is 3.87. The maximum absolute atomic E-state index is 12.9. The van der Waals surface area contributed by atoms with Gasteiger partial charge in [-0.1, -0.05) is 68.0 Å². The van der Waals surface area contributed by atoms with Gasteiger partial charge in [-0.15, -0.1) is 10.2 Å². The van der Waals surface area contributed by atoms with Crippen LogP contribution in [0.5, 0.6) is 5.75 Å². The Labute approximate surface area is 185 Å². The van der Waals surface area contributed by atoms with Crippen LogP contribution >= 0.6 is 11.3 Å². The summed E-state index contributed by atoms with van der Waals surface area (Å²) < 4.78 is 5.16. The molecule has 0 aliphatic rings. The van der Waals surface area contributed by atoms with Crippen LogP contribution in [0.15, 0.2) is 54.6 Å². The maximum atomic E-state index is 12.9. The normalized spacial score (nSPS) is 12.5. The van der Waals surface area contributed by atoms with Crippen molar-refractivity contribution in [3.63, 3.8) is 0 Å². The lowest BCUT2D eigenvalue weighted by Crippen LogP contribution is -2.49. The number of nitrogens with one attached hydrogen (secondary N) is 3. The van der Waals surface area contributed by atoms with Crippen molar-refractivity contribution in [3.05, 3.63) is 54.6 Å². The summed E-state index contributed by atoms with van der Waals surface area (Å²) in [7, 11) is 1.55. The van der Waals surface area contributed by atoms with E-state index in [1.165, 1.54) is 11.3 Å². The molecule has 8 nitrogen and oxygen atoms in total. The predicted octanol–water partition coefficient (Wildman–Crippen LogP) is 4.39. The highest BCUT2D eigenvalue weighted by molar-refractivity contribution is 7.18. The monoisotopic (exact) mass is 439 g/mol. The van der Waals surface area contributed by atoms with Crippen LogP contribution in [0.3, 0.4) is 0 Å². The minimum absolute atomic E-state index is 0.0856. The van der Waals surface area contributed by atoms with E-state index >= 15 is 0 Å². The number of nitrogens with zero attached hydrogens (tertiary/aromatic N) is 2. The van der Waals surface area contributed by atoms with Crippen molar-refractivity contribution in [2.45, 2.75) is 26.3 Å². The number of carbonyl (C=O) groups is 2. The van der Waals surface area contributed by atoms with Crippen molar-refractivity contribution in [2.24, 2.45) is 5.92 Å². The number of carbonyl (C=O) groups excluding carboxylic acids is 2. The van der Waals surface area contributed by atoms with E-state index in [0.717, 1.165) is 5.56 Å². The number of rotatable bonds is 8. The lowest BCUT2D eigenvalue weighted by atomic mass is 9.98. The average Bonchev–Trinajstić information content (AvgIpc) is 3.26. The molecule has 0 unspecified atom stereocenters. The predicted molar refractivity (Wildman–Crippen MR) is 122 cm³/mol. The SMILES string of the molecule is CC[C@H](C)[C@H](NC(=O)Nc1cccc(OC)c1)C(=O)Nc1nnc(-c2ccccc2)s1. The van der Waals surface area contributed by atoms with Gasteiger partial charge in [-0.3, -0.25) is 10.1 Å². The second kappa shape index (κ2) is 10.5. The van der Waals surface area contributed by atoms with Crippen molar-refractivity contribution < 1.29 is 14.3 Å². The fraction of sp³-hybridized carbons (Fsp3) is 0.273. The molecule has 2 atom stereocenters. The third-order valence-electron chi connectivity index (χ3n) is 4.79. The molecule has 31 heavy (non-hydrogen) atoms. The Morgan fingerprint density at radius 3 is 2.55 bits per heavy atom. The highest BCUT2D eigenvalue weighted by Gasteiger charge is 2.27. The summed E-state index contributed by atoms with van der Waals surface area (Å²) in [5.74, 6) is 0.197. The third kappa shape index (κ3) is 6.02. The van der Waals surface area contributed by atoms with Gasteiger partial charge >= 0.3 is 6.03 Å². The van der Waals surface area contributed by atoms with Crippen LogP contribution in [-0.2, 0) is 4.79 Å². The Morgan fingerprint density at radius 2 is 1.84 bits per heavy atom. The number of hydrogen-bond donors (Lipinski definition) is 3. The first kappa shape index (κ1) is 22.2. The Bertz CT molecular complexity index is 1020. The Morgan fingerprint density at radius 1 is 1.06 bits per heavy atom. The molecule has 0 aliphatic heterocycles. The minimum Gasteiger partial charge on any atom is -0.497 e. The molecule has 3 rings (SSSR count). The van der Waals surface area contributed by atoms with Gasteiger partial charge in [0.05, 0.1) is 7.11 Å². The number of amides is 3. The van der Waals surface area contributed by atoms with Crippen LogP contribution in [0.4, 0.5) is 15.6 Å². The number of benzene rings is 2. The van der Waals surface area contributed by atoms with E-state index in [4.69, 9.17) is 4.74 Å². The summed E-state index contributed by atoms with van der Waals surface area (Å²) in [6, 6.07) is 15.4. The fourth-order valence-corrected chi connectivity index (χ4v) is 3.62. The van der Waals surface area contributed by atoms with Gasteiger partial charge in [0.15, 0.2) is 0 Å². The smallest absolute Gasteiger partial charge is 0.319 e. The zero-order valence-corrected chi connectivity index (χ0v) is 18.4. The van der Waals surface area contributed by atoms with Crippen molar-refractivity contribution in [2.75, 3.05) is 17.7 Å². The van der Waals surface area contributed by atoms with Crippen molar-refractivity contribution >= 4 is 34.1 Å². The van der Waals surface area contributed by atoms with E-state index in [1.54, 1.807) is 31.4 Å². The molecule has 0 bridgehead atoms. The lowest BCUT2D eigenvalue weighted by Gasteiger charge is -2.23. The molecule has 3 N–H and O–H groups in total. The Balaban J connectivity index is 1.66. The van der Waals surface area contributed by atoms with Gasteiger partial charge in [-0.25, -0.2) is 4.79 Å². The van der Waals surface area contributed by atoms with Crippen molar-refractivity contribution in [3.8, 4) is 16.3 Å². The molecule has 0 saturated heterocycles. The largest absolute Gasteiger partial charge is 0.497 e. The summed E-state index contributed by atoms with van der Waals surface area (Å²) in [4.78, 5) is 25.4. The summed E-state index contributed by atoms with van der Waals surface area (Å²) in [6.07, 6.45) is 0.711.